The van der Waals surface area contributed by atoms with Gasteiger partial charge in [0.05, 0.1) is 5.75 Å². The topological polar surface area (TPSA) is 75.4 Å². The van der Waals surface area contributed by atoms with Crippen LogP contribution in [0.2, 0.25) is 0 Å². The molecule has 0 unspecified atom stereocenters. The molecule has 0 aromatic carbocycles. The summed E-state index contributed by atoms with van der Waals surface area (Å²) in [5.74, 6) is 0.0942. The van der Waals surface area contributed by atoms with Gasteiger partial charge >= 0.3 is 0 Å². The molecule has 1 aliphatic heterocycles. The zero-order valence-corrected chi connectivity index (χ0v) is 11.0. The fourth-order valence-electron chi connectivity index (χ4n) is 1.42. The molecule has 5 nitrogen and oxygen atoms in total. The van der Waals surface area contributed by atoms with E-state index in [0.29, 0.717) is 6.42 Å². The van der Waals surface area contributed by atoms with Crippen LogP contribution in [0.4, 0.5) is 0 Å². The number of primary sulfonamides is 1. The van der Waals surface area contributed by atoms with Gasteiger partial charge in [0.25, 0.3) is 0 Å². The molecule has 0 amide bonds. The standard InChI is InChI=1S/C7H17N3O2S.2ClH/c8-13(11,12)7-1-4-10-5-2-9-3-6-10;;/h9H,1-7H2,(H2,8,11,12);2*1H. The van der Waals surface area contributed by atoms with Crippen LogP contribution >= 0.6 is 24.8 Å². The molecule has 8 heteroatoms. The van der Waals surface area contributed by atoms with Crippen molar-refractivity contribution in [3.05, 3.63) is 0 Å². The van der Waals surface area contributed by atoms with Crippen molar-refractivity contribution in [2.75, 3.05) is 38.5 Å². The minimum atomic E-state index is -3.27. The number of nitrogens with one attached hydrogen (secondary N) is 1. The first-order chi connectivity index (χ1) is 6.08. The summed E-state index contributed by atoms with van der Waals surface area (Å²) in [4.78, 5) is 2.25. The molecule has 1 saturated heterocycles. The summed E-state index contributed by atoms with van der Waals surface area (Å²) in [6.45, 7) is 4.83. The van der Waals surface area contributed by atoms with Gasteiger partial charge in [0.2, 0.25) is 10.0 Å². The number of rotatable bonds is 4. The molecule has 0 aromatic rings. The molecule has 0 radical (unpaired) electrons. The Hall–Kier alpha value is 0.410. The highest BCUT2D eigenvalue weighted by Gasteiger charge is 2.10. The Kier molecular flexibility index (Phi) is 10.1. The molecule has 1 heterocycles. The van der Waals surface area contributed by atoms with Crippen LogP contribution in [0.25, 0.3) is 0 Å². The van der Waals surface area contributed by atoms with E-state index in [2.05, 4.69) is 10.2 Å². The number of nitrogens with two attached hydrogens (primary N) is 1. The van der Waals surface area contributed by atoms with E-state index >= 15 is 0 Å². The van der Waals surface area contributed by atoms with Crippen molar-refractivity contribution in [1.29, 1.82) is 0 Å². The normalized spacial score (nSPS) is 17.7. The quantitative estimate of drug-likeness (QED) is 0.722. The zero-order chi connectivity index (χ0) is 9.73. The molecule has 0 spiro atoms. The first kappa shape index (κ1) is 17.8. The first-order valence-corrected chi connectivity index (χ1v) is 6.23. The van der Waals surface area contributed by atoms with Gasteiger partial charge in [-0.05, 0) is 13.0 Å². The molecule has 1 fully saturated rings. The van der Waals surface area contributed by atoms with Gasteiger partial charge in [0, 0.05) is 26.2 Å². The highest BCUT2D eigenvalue weighted by Crippen LogP contribution is 1.95. The van der Waals surface area contributed by atoms with E-state index in [-0.39, 0.29) is 30.6 Å². The molecule has 0 saturated carbocycles. The SMILES string of the molecule is Cl.Cl.NS(=O)(=O)CCCN1CCNCC1. The molecular weight excluding hydrogens is 261 g/mol. The average Bonchev–Trinajstić information content (AvgIpc) is 2.04. The number of halogens is 2. The van der Waals surface area contributed by atoms with Crippen molar-refractivity contribution in [3.8, 4) is 0 Å². The van der Waals surface area contributed by atoms with Crippen LogP contribution in [0.1, 0.15) is 6.42 Å². The van der Waals surface area contributed by atoms with Crippen molar-refractivity contribution in [2.24, 2.45) is 5.14 Å². The van der Waals surface area contributed by atoms with Gasteiger partial charge in [0.1, 0.15) is 0 Å². The highest BCUT2D eigenvalue weighted by atomic mass is 35.5. The summed E-state index contributed by atoms with van der Waals surface area (Å²) in [6, 6.07) is 0. The first-order valence-electron chi connectivity index (χ1n) is 4.51. The van der Waals surface area contributed by atoms with E-state index in [1.165, 1.54) is 0 Å². The van der Waals surface area contributed by atoms with E-state index in [0.717, 1.165) is 32.7 Å². The van der Waals surface area contributed by atoms with E-state index in [9.17, 15) is 8.42 Å². The van der Waals surface area contributed by atoms with Crippen molar-refractivity contribution in [2.45, 2.75) is 6.42 Å². The predicted octanol–water partition coefficient (Wildman–Crippen LogP) is -0.586. The number of sulfonamides is 1. The van der Waals surface area contributed by atoms with Crippen molar-refractivity contribution >= 4 is 34.8 Å². The van der Waals surface area contributed by atoms with E-state index < -0.39 is 10.0 Å². The number of hydrogen-bond donors (Lipinski definition) is 2. The van der Waals surface area contributed by atoms with Crippen LogP contribution in [0.3, 0.4) is 0 Å². The highest BCUT2D eigenvalue weighted by molar-refractivity contribution is 7.89. The zero-order valence-electron chi connectivity index (χ0n) is 8.52. The van der Waals surface area contributed by atoms with Crippen molar-refractivity contribution < 1.29 is 8.42 Å². The van der Waals surface area contributed by atoms with Crippen molar-refractivity contribution in [1.82, 2.24) is 10.2 Å². The lowest BCUT2D eigenvalue weighted by atomic mass is 10.3. The summed E-state index contributed by atoms with van der Waals surface area (Å²) < 4.78 is 21.2. The third-order valence-corrected chi connectivity index (χ3v) is 2.97. The van der Waals surface area contributed by atoms with Crippen LogP contribution in [-0.4, -0.2) is 51.8 Å². The Morgan fingerprint density at radius 1 is 1.20 bits per heavy atom. The Labute approximate surface area is 104 Å². The molecule has 15 heavy (non-hydrogen) atoms. The lowest BCUT2D eigenvalue weighted by Gasteiger charge is -2.26. The Morgan fingerprint density at radius 2 is 1.73 bits per heavy atom. The lowest BCUT2D eigenvalue weighted by Crippen LogP contribution is -2.44. The van der Waals surface area contributed by atoms with Crippen LogP contribution in [0.5, 0.6) is 0 Å². The van der Waals surface area contributed by atoms with Gasteiger partial charge in [-0.15, -0.1) is 24.8 Å². The Balaban J connectivity index is 0. The largest absolute Gasteiger partial charge is 0.314 e. The molecule has 1 aliphatic rings. The summed E-state index contributed by atoms with van der Waals surface area (Å²) in [5, 5.41) is 8.13. The summed E-state index contributed by atoms with van der Waals surface area (Å²) in [7, 11) is -3.27. The monoisotopic (exact) mass is 279 g/mol. The predicted molar refractivity (Wildman–Crippen MR) is 66.4 cm³/mol. The van der Waals surface area contributed by atoms with Gasteiger partial charge in [0.15, 0.2) is 0 Å². The second-order valence-electron chi connectivity index (χ2n) is 3.31. The van der Waals surface area contributed by atoms with Crippen molar-refractivity contribution in [3.63, 3.8) is 0 Å². The van der Waals surface area contributed by atoms with E-state index in [1.54, 1.807) is 0 Å². The fourth-order valence-corrected chi connectivity index (χ4v) is 1.96. The van der Waals surface area contributed by atoms with Crippen LogP contribution in [-0.2, 0) is 10.0 Å². The number of piperazine rings is 1. The smallest absolute Gasteiger partial charge is 0.209 e. The van der Waals surface area contributed by atoms with Crippen LogP contribution in [0.15, 0.2) is 0 Å². The summed E-state index contributed by atoms with van der Waals surface area (Å²) in [6.07, 6.45) is 0.638. The minimum Gasteiger partial charge on any atom is -0.314 e. The number of hydrogen-bond acceptors (Lipinski definition) is 4. The van der Waals surface area contributed by atoms with E-state index in [4.69, 9.17) is 5.14 Å². The second kappa shape index (κ2) is 8.55. The molecule has 1 rings (SSSR count). The maximum atomic E-state index is 10.6. The molecule has 0 bridgehead atoms. The van der Waals surface area contributed by atoms with E-state index in [1.807, 2.05) is 0 Å². The summed E-state index contributed by atoms with van der Waals surface area (Å²) in [5.41, 5.74) is 0. The Bertz CT molecular complexity index is 243. The van der Waals surface area contributed by atoms with Gasteiger partial charge in [-0.2, -0.15) is 0 Å². The lowest BCUT2D eigenvalue weighted by molar-refractivity contribution is 0.242. The van der Waals surface area contributed by atoms with Crippen LogP contribution in [0, 0.1) is 0 Å². The van der Waals surface area contributed by atoms with Gasteiger partial charge in [-0.3, -0.25) is 0 Å². The Morgan fingerprint density at radius 3 is 2.20 bits per heavy atom. The van der Waals surface area contributed by atoms with Crippen LogP contribution < -0.4 is 10.5 Å². The summed E-state index contributed by atoms with van der Waals surface area (Å²) >= 11 is 0. The molecule has 0 atom stereocenters. The third-order valence-electron chi connectivity index (χ3n) is 2.11. The maximum absolute atomic E-state index is 10.6. The third kappa shape index (κ3) is 9.35. The molecule has 94 valence electrons. The fraction of sp³-hybridized carbons (Fsp3) is 1.00. The maximum Gasteiger partial charge on any atom is 0.209 e. The molecule has 0 aromatic heterocycles. The molecular formula is C7H19Cl2N3O2S. The van der Waals surface area contributed by atoms with Gasteiger partial charge in [-0.1, -0.05) is 0 Å². The minimum absolute atomic E-state index is 0. The van der Waals surface area contributed by atoms with Gasteiger partial charge in [-0.25, -0.2) is 13.6 Å². The number of nitrogens with zero attached hydrogens (tertiary/aromatic N) is 1. The van der Waals surface area contributed by atoms with Gasteiger partial charge < -0.3 is 10.2 Å². The molecule has 3 N–H and O–H groups in total. The average molecular weight is 280 g/mol. The second-order valence-corrected chi connectivity index (χ2v) is 5.05. The molecule has 0 aliphatic carbocycles.